The molecular weight excluding hydrogens is 288 g/mol. The number of nitrogens with zero attached hydrogens (tertiary/aromatic N) is 2. The minimum absolute atomic E-state index is 0.428. The second-order valence-electron chi connectivity index (χ2n) is 4.90. The number of hydrogen-bond acceptors (Lipinski definition) is 1. The van der Waals surface area contributed by atoms with Crippen LogP contribution in [0.3, 0.4) is 0 Å². The van der Waals surface area contributed by atoms with Gasteiger partial charge in [0.15, 0.2) is 0 Å². The zero-order valence-electron chi connectivity index (χ0n) is 11.2. The summed E-state index contributed by atoms with van der Waals surface area (Å²) in [5, 5.41) is 4.41. The molecule has 0 fully saturated rings. The molecule has 0 amide bonds. The molecule has 1 heterocycles. The predicted octanol–water partition coefficient (Wildman–Crippen LogP) is 4.46. The molecule has 2 rings (SSSR count). The lowest BCUT2D eigenvalue weighted by atomic mass is 10.0. The Balaban J connectivity index is 1.98. The van der Waals surface area contributed by atoms with Crippen LogP contribution in [-0.4, -0.2) is 9.78 Å². The van der Waals surface area contributed by atoms with E-state index in [4.69, 9.17) is 0 Å². The fourth-order valence-electron chi connectivity index (χ4n) is 2.10. The van der Waals surface area contributed by atoms with Gasteiger partial charge in [0, 0.05) is 11.7 Å². The highest BCUT2D eigenvalue weighted by atomic mass is 79.9. The Hall–Kier alpha value is -1.09. The first kappa shape index (κ1) is 13.3. The van der Waals surface area contributed by atoms with Crippen LogP contribution in [0.4, 0.5) is 0 Å². The van der Waals surface area contributed by atoms with E-state index >= 15 is 0 Å². The largest absolute Gasteiger partial charge is 0.266 e. The van der Waals surface area contributed by atoms with Crippen LogP contribution >= 0.6 is 15.9 Å². The first-order chi connectivity index (χ1) is 8.58. The van der Waals surface area contributed by atoms with E-state index in [-0.39, 0.29) is 0 Å². The summed E-state index contributed by atoms with van der Waals surface area (Å²) in [5.41, 5.74) is 3.92. The molecule has 0 unspecified atom stereocenters. The number of aromatic nitrogens is 2. The molecule has 0 bridgehead atoms. The van der Waals surface area contributed by atoms with Gasteiger partial charge in [-0.15, -0.1) is 0 Å². The molecule has 0 saturated carbocycles. The highest BCUT2D eigenvalue weighted by Crippen LogP contribution is 2.21. The van der Waals surface area contributed by atoms with Crippen molar-refractivity contribution in [2.45, 2.75) is 39.7 Å². The van der Waals surface area contributed by atoms with Crippen molar-refractivity contribution in [3.05, 3.63) is 51.8 Å². The van der Waals surface area contributed by atoms with Crippen molar-refractivity contribution in [2.24, 2.45) is 0 Å². The fourth-order valence-corrected chi connectivity index (χ4v) is 2.37. The number of hydrogen-bond donors (Lipinski definition) is 0. The van der Waals surface area contributed by atoms with Crippen LogP contribution in [0.25, 0.3) is 0 Å². The highest BCUT2D eigenvalue weighted by molar-refractivity contribution is 9.10. The van der Waals surface area contributed by atoms with Crippen LogP contribution in [-0.2, 0) is 6.42 Å². The molecule has 0 saturated heterocycles. The standard InChI is InChI=1S/C15H19BrN2/c1-11-4-7-14(8-5-11)9-6-12(2)18-13(3)15(16)10-17-18/h4-5,7-8,10,12H,6,9H2,1-3H3/t12-/m0/s1. The molecule has 18 heavy (non-hydrogen) atoms. The summed E-state index contributed by atoms with van der Waals surface area (Å²) in [6.07, 6.45) is 4.08. The Morgan fingerprint density at radius 1 is 1.22 bits per heavy atom. The Labute approximate surface area is 117 Å². The van der Waals surface area contributed by atoms with Crippen molar-refractivity contribution in [3.63, 3.8) is 0 Å². The van der Waals surface area contributed by atoms with Crippen molar-refractivity contribution in [2.75, 3.05) is 0 Å². The SMILES string of the molecule is Cc1ccc(CC[C@H](C)n2ncc(Br)c2C)cc1. The van der Waals surface area contributed by atoms with Gasteiger partial charge in [-0.1, -0.05) is 29.8 Å². The molecule has 3 heteroatoms. The van der Waals surface area contributed by atoms with Gasteiger partial charge >= 0.3 is 0 Å². The van der Waals surface area contributed by atoms with Gasteiger partial charge in [0.1, 0.15) is 0 Å². The molecule has 2 nitrogen and oxygen atoms in total. The average Bonchev–Trinajstić information content (AvgIpc) is 2.69. The molecule has 0 radical (unpaired) electrons. The molecule has 0 spiro atoms. The Kier molecular flexibility index (Phi) is 4.23. The van der Waals surface area contributed by atoms with E-state index in [9.17, 15) is 0 Å². The normalized spacial score (nSPS) is 12.7. The van der Waals surface area contributed by atoms with E-state index in [1.165, 1.54) is 16.8 Å². The van der Waals surface area contributed by atoms with Gasteiger partial charge in [-0.05, 0) is 55.1 Å². The third-order valence-electron chi connectivity index (χ3n) is 3.37. The average molecular weight is 307 g/mol. The minimum Gasteiger partial charge on any atom is -0.266 e. The number of benzene rings is 1. The Bertz CT molecular complexity index is 514. The molecule has 96 valence electrons. The molecule has 1 aromatic carbocycles. The summed E-state index contributed by atoms with van der Waals surface area (Å²) in [6, 6.07) is 9.21. The molecule has 0 aliphatic rings. The topological polar surface area (TPSA) is 17.8 Å². The third kappa shape index (κ3) is 3.02. The van der Waals surface area contributed by atoms with Crippen LogP contribution in [0.1, 0.15) is 36.2 Å². The predicted molar refractivity (Wildman–Crippen MR) is 78.9 cm³/mol. The van der Waals surface area contributed by atoms with Crippen molar-refractivity contribution in [1.82, 2.24) is 9.78 Å². The maximum absolute atomic E-state index is 4.41. The van der Waals surface area contributed by atoms with Crippen LogP contribution in [0.15, 0.2) is 34.9 Å². The lowest BCUT2D eigenvalue weighted by Crippen LogP contribution is -2.09. The highest BCUT2D eigenvalue weighted by Gasteiger charge is 2.10. The molecule has 0 aliphatic heterocycles. The van der Waals surface area contributed by atoms with Gasteiger partial charge in [0.25, 0.3) is 0 Å². The summed E-state index contributed by atoms with van der Waals surface area (Å²) < 4.78 is 3.18. The van der Waals surface area contributed by atoms with Gasteiger partial charge in [0.2, 0.25) is 0 Å². The van der Waals surface area contributed by atoms with Gasteiger partial charge < -0.3 is 0 Å². The van der Waals surface area contributed by atoms with Gasteiger partial charge in [-0.25, -0.2) is 0 Å². The number of aryl methyl sites for hydroxylation is 2. The number of halogens is 1. The van der Waals surface area contributed by atoms with Crippen LogP contribution in [0, 0.1) is 13.8 Å². The molecule has 0 N–H and O–H groups in total. The second-order valence-corrected chi connectivity index (χ2v) is 5.75. The lowest BCUT2D eigenvalue weighted by molar-refractivity contribution is 0.450. The summed E-state index contributed by atoms with van der Waals surface area (Å²) >= 11 is 3.51. The summed E-state index contributed by atoms with van der Waals surface area (Å²) in [5.74, 6) is 0. The quantitative estimate of drug-likeness (QED) is 0.815. The Morgan fingerprint density at radius 2 is 1.89 bits per heavy atom. The smallest absolute Gasteiger partial charge is 0.0635 e. The van der Waals surface area contributed by atoms with Gasteiger partial charge in [-0.2, -0.15) is 5.10 Å². The van der Waals surface area contributed by atoms with Gasteiger partial charge in [0.05, 0.1) is 10.7 Å². The zero-order valence-corrected chi connectivity index (χ0v) is 12.7. The van der Waals surface area contributed by atoms with E-state index < -0.39 is 0 Å². The summed E-state index contributed by atoms with van der Waals surface area (Å²) in [7, 11) is 0. The third-order valence-corrected chi connectivity index (χ3v) is 4.15. The van der Waals surface area contributed by atoms with E-state index in [0.717, 1.165) is 17.3 Å². The molecular formula is C15H19BrN2. The second kappa shape index (κ2) is 5.70. The molecule has 2 aromatic rings. The monoisotopic (exact) mass is 306 g/mol. The fraction of sp³-hybridized carbons (Fsp3) is 0.400. The Morgan fingerprint density at radius 3 is 2.44 bits per heavy atom. The molecule has 1 aromatic heterocycles. The first-order valence-corrected chi connectivity index (χ1v) is 7.12. The zero-order chi connectivity index (χ0) is 13.1. The van der Waals surface area contributed by atoms with Crippen LogP contribution < -0.4 is 0 Å². The van der Waals surface area contributed by atoms with Crippen LogP contribution in [0.2, 0.25) is 0 Å². The van der Waals surface area contributed by atoms with Crippen LogP contribution in [0.5, 0.6) is 0 Å². The summed E-state index contributed by atoms with van der Waals surface area (Å²) in [4.78, 5) is 0. The first-order valence-electron chi connectivity index (χ1n) is 6.33. The van der Waals surface area contributed by atoms with Crippen molar-refractivity contribution >= 4 is 15.9 Å². The maximum atomic E-state index is 4.41. The van der Waals surface area contributed by atoms with Crippen molar-refractivity contribution in [3.8, 4) is 0 Å². The van der Waals surface area contributed by atoms with E-state index in [1.807, 2.05) is 6.20 Å². The maximum Gasteiger partial charge on any atom is 0.0635 e. The summed E-state index contributed by atoms with van der Waals surface area (Å²) in [6.45, 7) is 6.44. The van der Waals surface area contributed by atoms with Crippen molar-refractivity contribution in [1.29, 1.82) is 0 Å². The lowest BCUT2D eigenvalue weighted by Gasteiger charge is -2.14. The minimum atomic E-state index is 0.428. The van der Waals surface area contributed by atoms with E-state index in [1.54, 1.807) is 0 Å². The number of rotatable bonds is 4. The van der Waals surface area contributed by atoms with E-state index in [0.29, 0.717) is 6.04 Å². The molecule has 0 aliphatic carbocycles. The van der Waals surface area contributed by atoms with E-state index in [2.05, 4.69) is 70.7 Å². The van der Waals surface area contributed by atoms with Gasteiger partial charge in [-0.3, -0.25) is 4.68 Å². The molecule has 1 atom stereocenters. The van der Waals surface area contributed by atoms with Crippen molar-refractivity contribution < 1.29 is 0 Å².